The topological polar surface area (TPSA) is 101 Å². The van der Waals surface area contributed by atoms with Crippen LogP contribution in [0.4, 0.5) is 15.8 Å². The number of nitrogens with one attached hydrogen (secondary N) is 1. The number of hydrogen-bond acceptors (Lipinski definition) is 7. The van der Waals surface area contributed by atoms with E-state index in [0.717, 1.165) is 23.8 Å². The fraction of sp³-hybridized carbons (Fsp3) is 0.0526. The van der Waals surface area contributed by atoms with Crippen molar-refractivity contribution in [2.45, 2.75) is 0 Å². The first kappa shape index (κ1) is 19.0. The van der Waals surface area contributed by atoms with E-state index in [-0.39, 0.29) is 16.9 Å². The Balaban J connectivity index is 1.86. The van der Waals surface area contributed by atoms with E-state index < -0.39 is 10.7 Å². The minimum atomic E-state index is -0.671. The molecule has 0 radical (unpaired) electrons. The van der Waals surface area contributed by atoms with E-state index in [9.17, 15) is 19.8 Å². The molecular formula is C19H13FN4O3S. The second kappa shape index (κ2) is 8.28. The van der Waals surface area contributed by atoms with E-state index in [1.54, 1.807) is 12.5 Å². The number of non-ortho nitro benzene ring substituents is 1. The lowest BCUT2D eigenvalue weighted by Gasteiger charge is -2.03. The van der Waals surface area contributed by atoms with Crippen LogP contribution in [0.2, 0.25) is 0 Å². The van der Waals surface area contributed by atoms with Gasteiger partial charge in [-0.3, -0.25) is 10.1 Å². The van der Waals surface area contributed by atoms with Crippen molar-refractivity contribution in [1.29, 1.82) is 5.26 Å². The number of nitro groups is 1. The van der Waals surface area contributed by atoms with E-state index in [1.807, 2.05) is 30.3 Å². The van der Waals surface area contributed by atoms with Gasteiger partial charge < -0.3 is 10.1 Å². The Kier molecular flexibility index (Phi) is 5.62. The van der Waals surface area contributed by atoms with Crippen LogP contribution in [0.1, 0.15) is 5.01 Å². The summed E-state index contributed by atoms with van der Waals surface area (Å²) in [6.45, 7) is 0. The maximum atomic E-state index is 13.9. The highest BCUT2D eigenvalue weighted by molar-refractivity contribution is 7.11. The Bertz CT molecular complexity index is 1100. The second-order valence-electron chi connectivity index (χ2n) is 5.51. The first-order chi connectivity index (χ1) is 13.5. The summed E-state index contributed by atoms with van der Waals surface area (Å²) in [6, 6.07) is 12.5. The molecule has 0 spiro atoms. The van der Waals surface area contributed by atoms with Crippen LogP contribution in [0.15, 0.2) is 54.0 Å². The Hall–Kier alpha value is -3.77. The summed E-state index contributed by atoms with van der Waals surface area (Å²) in [5.41, 5.74) is 1.31. The van der Waals surface area contributed by atoms with Gasteiger partial charge in [-0.2, -0.15) is 5.26 Å². The lowest BCUT2D eigenvalue weighted by Crippen LogP contribution is -1.96. The van der Waals surface area contributed by atoms with E-state index in [1.165, 1.54) is 17.5 Å². The van der Waals surface area contributed by atoms with Crippen LogP contribution < -0.4 is 10.1 Å². The van der Waals surface area contributed by atoms with Crippen LogP contribution in [0, 0.1) is 27.3 Å². The van der Waals surface area contributed by atoms with Gasteiger partial charge in [-0.05, 0) is 18.2 Å². The van der Waals surface area contributed by atoms with E-state index in [0.29, 0.717) is 16.5 Å². The monoisotopic (exact) mass is 396 g/mol. The van der Waals surface area contributed by atoms with Gasteiger partial charge in [0, 0.05) is 29.3 Å². The van der Waals surface area contributed by atoms with Gasteiger partial charge in [-0.1, -0.05) is 12.1 Å². The lowest BCUT2D eigenvalue weighted by molar-refractivity contribution is -0.384. The zero-order valence-electron chi connectivity index (χ0n) is 14.5. The van der Waals surface area contributed by atoms with Crippen molar-refractivity contribution < 1.29 is 14.1 Å². The van der Waals surface area contributed by atoms with Crippen LogP contribution in [-0.4, -0.2) is 17.0 Å². The molecule has 1 aromatic heterocycles. The summed E-state index contributed by atoms with van der Waals surface area (Å²) >= 11 is 1.25. The number of nitriles is 1. The standard InChI is InChI=1S/C19H13FN4O3S/c1-27-15-4-2-3-12(7-15)18-11-28-19(23-18)13(9-21)10-22-17-8-14(24(25)26)5-6-16(17)20/h2-8,10-11,22H,1H3/b13-10-. The van der Waals surface area contributed by atoms with Gasteiger partial charge in [0.1, 0.15) is 28.2 Å². The normalized spacial score (nSPS) is 11.0. The molecule has 0 aliphatic heterocycles. The number of thiazole rings is 1. The number of rotatable bonds is 6. The molecule has 140 valence electrons. The summed E-state index contributed by atoms with van der Waals surface area (Å²) in [5, 5.41) is 25.1. The number of nitro benzene ring substituents is 1. The SMILES string of the molecule is COc1cccc(-c2csc(/C(C#N)=C\Nc3cc([N+](=O)[O-])ccc3F)n2)c1. The molecule has 3 aromatic rings. The highest BCUT2D eigenvalue weighted by atomic mass is 32.1. The van der Waals surface area contributed by atoms with E-state index in [2.05, 4.69) is 10.3 Å². The number of hydrogen-bond donors (Lipinski definition) is 1. The molecule has 0 saturated heterocycles. The van der Waals surface area contributed by atoms with Crippen LogP contribution in [-0.2, 0) is 0 Å². The molecule has 0 atom stereocenters. The quantitative estimate of drug-likeness (QED) is 0.363. The highest BCUT2D eigenvalue weighted by Gasteiger charge is 2.12. The van der Waals surface area contributed by atoms with E-state index in [4.69, 9.17) is 4.74 Å². The van der Waals surface area contributed by atoms with Crippen LogP contribution in [0.25, 0.3) is 16.8 Å². The molecule has 7 nitrogen and oxygen atoms in total. The second-order valence-corrected chi connectivity index (χ2v) is 6.36. The zero-order valence-corrected chi connectivity index (χ0v) is 15.4. The number of ether oxygens (including phenoxy) is 1. The molecule has 0 unspecified atom stereocenters. The lowest BCUT2D eigenvalue weighted by atomic mass is 10.1. The molecule has 1 heterocycles. The van der Waals surface area contributed by atoms with Crippen LogP contribution in [0.5, 0.6) is 5.75 Å². The molecule has 28 heavy (non-hydrogen) atoms. The van der Waals surface area contributed by atoms with Crippen molar-refractivity contribution in [3.63, 3.8) is 0 Å². The Morgan fingerprint density at radius 1 is 1.39 bits per heavy atom. The van der Waals surface area contributed by atoms with Gasteiger partial charge in [0.25, 0.3) is 5.69 Å². The minimum Gasteiger partial charge on any atom is -0.497 e. The molecule has 0 aliphatic rings. The minimum absolute atomic E-state index is 0.105. The fourth-order valence-electron chi connectivity index (χ4n) is 2.34. The number of aromatic nitrogens is 1. The Labute approximate surface area is 163 Å². The van der Waals surface area contributed by atoms with Crippen molar-refractivity contribution in [1.82, 2.24) is 4.98 Å². The van der Waals surface area contributed by atoms with Crippen molar-refractivity contribution >= 4 is 28.3 Å². The summed E-state index contributed by atoms with van der Waals surface area (Å²) in [6.07, 6.45) is 1.27. The molecule has 2 aromatic carbocycles. The van der Waals surface area contributed by atoms with Crippen molar-refractivity contribution in [2.24, 2.45) is 0 Å². The molecule has 9 heteroatoms. The molecule has 0 saturated carbocycles. The molecule has 0 amide bonds. The van der Waals surface area contributed by atoms with Crippen LogP contribution >= 0.6 is 11.3 Å². The van der Waals surface area contributed by atoms with Crippen molar-refractivity contribution in [3.05, 3.63) is 75.0 Å². The van der Waals surface area contributed by atoms with E-state index >= 15 is 0 Å². The molecule has 3 rings (SSSR count). The Morgan fingerprint density at radius 3 is 2.93 bits per heavy atom. The van der Waals surface area contributed by atoms with Gasteiger partial charge in [0.2, 0.25) is 0 Å². The summed E-state index contributed by atoms with van der Waals surface area (Å²) in [4.78, 5) is 14.6. The molecule has 0 aliphatic carbocycles. The summed E-state index contributed by atoms with van der Waals surface area (Å²) in [5.74, 6) is 0.0151. The zero-order chi connectivity index (χ0) is 20.1. The fourth-order valence-corrected chi connectivity index (χ4v) is 3.14. The van der Waals surface area contributed by atoms with Crippen molar-refractivity contribution in [3.8, 4) is 23.1 Å². The first-order valence-corrected chi connectivity index (χ1v) is 8.81. The highest BCUT2D eigenvalue weighted by Crippen LogP contribution is 2.28. The largest absolute Gasteiger partial charge is 0.497 e. The predicted molar refractivity (Wildman–Crippen MR) is 104 cm³/mol. The van der Waals surface area contributed by atoms with Gasteiger partial charge >= 0.3 is 0 Å². The van der Waals surface area contributed by atoms with Crippen molar-refractivity contribution in [2.75, 3.05) is 12.4 Å². The third-order valence-electron chi connectivity index (χ3n) is 3.75. The maximum Gasteiger partial charge on any atom is 0.271 e. The third kappa shape index (κ3) is 4.13. The van der Waals surface area contributed by atoms with Crippen LogP contribution in [0.3, 0.4) is 0 Å². The third-order valence-corrected chi connectivity index (χ3v) is 4.63. The number of allylic oxidation sites excluding steroid dienone is 1. The summed E-state index contributed by atoms with van der Waals surface area (Å²) in [7, 11) is 1.57. The number of anilines is 1. The number of methoxy groups -OCH3 is 1. The number of nitrogens with zero attached hydrogens (tertiary/aromatic N) is 3. The van der Waals surface area contributed by atoms with Gasteiger partial charge in [0.15, 0.2) is 0 Å². The van der Waals surface area contributed by atoms with Gasteiger partial charge in [0.05, 0.1) is 23.4 Å². The number of halogens is 1. The molecular weight excluding hydrogens is 383 g/mol. The summed E-state index contributed by atoms with van der Waals surface area (Å²) < 4.78 is 19.1. The molecule has 0 fully saturated rings. The number of benzene rings is 2. The smallest absolute Gasteiger partial charge is 0.271 e. The predicted octanol–water partition coefficient (Wildman–Crippen LogP) is 4.84. The molecule has 1 N–H and O–H groups in total. The average molecular weight is 396 g/mol. The maximum absolute atomic E-state index is 13.9. The average Bonchev–Trinajstić information content (AvgIpc) is 3.19. The first-order valence-electron chi connectivity index (χ1n) is 7.93. The Morgan fingerprint density at radius 2 is 2.21 bits per heavy atom. The molecule has 0 bridgehead atoms. The van der Waals surface area contributed by atoms with Gasteiger partial charge in [-0.25, -0.2) is 9.37 Å². The van der Waals surface area contributed by atoms with Gasteiger partial charge in [-0.15, -0.1) is 11.3 Å².